The zero-order valence-electron chi connectivity index (χ0n) is 12.6. The lowest BCUT2D eigenvalue weighted by Crippen LogP contribution is -2.21. The highest BCUT2D eigenvalue weighted by Crippen LogP contribution is 2.32. The zero-order chi connectivity index (χ0) is 15.3. The number of para-hydroxylation sites is 1. The molecular weight excluding hydrogens is 286 g/mol. The maximum Gasteiger partial charge on any atom is 0.180 e. The fourth-order valence-corrected chi connectivity index (χ4v) is 4.64. The molecule has 0 aliphatic heterocycles. The van der Waals surface area contributed by atoms with Crippen LogP contribution in [0.25, 0.3) is 0 Å². The first kappa shape index (κ1) is 16.3. The van der Waals surface area contributed by atoms with E-state index in [1.165, 1.54) is 0 Å². The molecule has 0 heterocycles. The molecule has 5 heteroatoms. The monoisotopic (exact) mass is 311 g/mol. The number of anilines is 1. The molecule has 0 amide bonds. The van der Waals surface area contributed by atoms with Crippen LogP contribution >= 0.6 is 0 Å². The van der Waals surface area contributed by atoms with Crippen LogP contribution in [0, 0.1) is 11.8 Å². The number of aliphatic hydroxyl groups is 1. The molecule has 2 atom stereocenters. The summed E-state index contributed by atoms with van der Waals surface area (Å²) in [5.74, 6) is 0.947. The Morgan fingerprint density at radius 3 is 2.67 bits per heavy atom. The van der Waals surface area contributed by atoms with E-state index in [2.05, 4.69) is 5.32 Å². The Balaban J connectivity index is 2.10. The second-order valence-corrected chi connectivity index (χ2v) is 7.91. The van der Waals surface area contributed by atoms with Crippen molar-refractivity contribution in [1.82, 2.24) is 0 Å². The molecule has 2 unspecified atom stereocenters. The van der Waals surface area contributed by atoms with Crippen molar-refractivity contribution in [2.45, 2.75) is 37.5 Å². The van der Waals surface area contributed by atoms with Crippen LogP contribution in [0.5, 0.6) is 0 Å². The van der Waals surface area contributed by atoms with Gasteiger partial charge in [0.1, 0.15) is 0 Å². The lowest BCUT2D eigenvalue weighted by molar-refractivity contribution is 0.199. The van der Waals surface area contributed by atoms with E-state index in [9.17, 15) is 13.5 Å². The summed E-state index contributed by atoms with van der Waals surface area (Å²) in [6.45, 7) is 2.82. The Bertz CT molecular complexity index is 556. The average Bonchev–Trinajstić information content (AvgIpc) is 2.93. The Morgan fingerprint density at radius 2 is 1.95 bits per heavy atom. The zero-order valence-corrected chi connectivity index (χ0v) is 13.4. The SMILES string of the molecule is CCCS(=O)(=O)c1ccccc1NCC1CCCC1CO. The molecule has 2 rings (SSSR count). The molecule has 0 aromatic heterocycles. The first-order chi connectivity index (χ1) is 10.1. The molecule has 1 aliphatic carbocycles. The molecule has 118 valence electrons. The smallest absolute Gasteiger partial charge is 0.180 e. The van der Waals surface area contributed by atoms with E-state index >= 15 is 0 Å². The molecule has 4 nitrogen and oxygen atoms in total. The number of hydrogen-bond donors (Lipinski definition) is 2. The van der Waals surface area contributed by atoms with Crippen molar-refractivity contribution < 1.29 is 13.5 Å². The first-order valence-electron chi connectivity index (χ1n) is 7.75. The summed E-state index contributed by atoms with van der Waals surface area (Å²) in [5.41, 5.74) is 0.689. The predicted octanol–water partition coefficient (Wildman–Crippen LogP) is 2.69. The number of sulfone groups is 1. The normalized spacial score (nSPS) is 22.4. The van der Waals surface area contributed by atoms with Gasteiger partial charge in [-0.15, -0.1) is 0 Å². The van der Waals surface area contributed by atoms with Gasteiger partial charge in [-0.05, 0) is 43.2 Å². The molecule has 0 radical (unpaired) electrons. The van der Waals surface area contributed by atoms with E-state index in [4.69, 9.17) is 0 Å². The van der Waals surface area contributed by atoms with E-state index in [1.54, 1.807) is 12.1 Å². The fourth-order valence-electron chi connectivity index (χ4n) is 3.13. The maximum absolute atomic E-state index is 12.3. The minimum Gasteiger partial charge on any atom is -0.396 e. The average molecular weight is 311 g/mol. The van der Waals surface area contributed by atoms with E-state index in [0.29, 0.717) is 28.8 Å². The van der Waals surface area contributed by atoms with E-state index in [0.717, 1.165) is 25.8 Å². The number of rotatable bonds is 7. The van der Waals surface area contributed by atoms with Crippen molar-refractivity contribution in [2.75, 3.05) is 24.2 Å². The first-order valence-corrected chi connectivity index (χ1v) is 9.40. The van der Waals surface area contributed by atoms with Crippen LogP contribution in [0.2, 0.25) is 0 Å². The van der Waals surface area contributed by atoms with Gasteiger partial charge in [0.2, 0.25) is 0 Å². The van der Waals surface area contributed by atoms with Crippen molar-refractivity contribution in [3.05, 3.63) is 24.3 Å². The molecule has 21 heavy (non-hydrogen) atoms. The summed E-state index contributed by atoms with van der Waals surface area (Å²) >= 11 is 0. The van der Waals surface area contributed by atoms with Gasteiger partial charge in [0.25, 0.3) is 0 Å². The quantitative estimate of drug-likeness (QED) is 0.812. The van der Waals surface area contributed by atoms with Crippen LogP contribution in [0.3, 0.4) is 0 Å². The second kappa shape index (κ2) is 7.27. The van der Waals surface area contributed by atoms with Gasteiger partial charge in [0, 0.05) is 13.2 Å². The molecule has 1 aliphatic rings. The number of nitrogens with one attached hydrogen (secondary N) is 1. The van der Waals surface area contributed by atoms with Crippen molar-refractivity contribution in [1.29, 1.82) is 0 Å². The van der Waals surface area contributed by atoms with Crippen molar-refractivity contribution in [3.8, 4) is 0 Å². The lowest BCUT2D eigenvalue weighted by atomic mass is 9.97. The number of benzene rings is 1. The van der Waals surface area contributed by atoms with Gasteiger partial charge in [-0.2, -0.15) is 0 Å². The van der Waals surface area contributed by atoms with Crippen LogP contribution in [-0.2, 0) is 9.84 Å². The van der Waals surface area contributed by atoms with Crippen LogP contribution in [0.4, 0.5) is 5.69 Å². The lowest BCUT2D eigenvalue weighted by Gasteiger charge is -2.20. The standard InChI is InChI=1S/C16H25NO3S/c1-2-10-21(19,20)16-9-4-3-8-15(16)17-11-13-6-5-7-14(13)12-18/h3-4,8-9,13-14,17-18H,2,5-7,10-12H2,1H3. The van der Waals surface area contributed by atoms with Gasteiger partial charge < -0.3 is 10.4 Å². The Morgan fingerprint density at radius 1 is 1.24 bits per heavy atom. The second-order valence-electron chi connectivity index (χ2n) is 5.83. The van der Waals surface area contributed by atoms with Gasteiger partial charge >= 0.3 is 0 Å². The molecule has 0 spiro atoms. The van der Waals surface area contributed by atoms with E-state index in [1.807, 2.05) is 19.1 Å². The number of hydrogen-bond acceptors (Lipinski definition) is 4. The predicted molar refractivity (Wildman–Crippen MR) is 85.2 cm³/mol. The molecular formula is C16H25NO3S. The molecule has 1 saturated carbocycles. The molecule has 0 saturated heterocycles. The summed E-state index contributed by atoms with van der Waals surface area (Å²) in [6, 6.07) is 7.11. The molecule has 2 N–H and O–H groups in total. The topological polar surface area (TPSA) is 66.4 Å². The fraction of sp³-hybridized carbons (Fsp3) is 0.625. The molecule has 1 aromatic rings. The van der Waals surface area contributed by atoms with Gasteiger partial charge in [0.15, 0.2) is 9.84 Å². The Labute approximate surface area is 127 Å². The third-order valence-electron chi connectivity index (χ3n) is 4.30. The highest BCUT2D eigenvalue weighted by molar-refractivity contribution is 7.91. The largest absolute Gasteiger partial charge is 0.396 e. The number of aliphatic hydroxyl groups excluding tert-OH is 1. The summed E-state index contributed by atoms with van der Waals surface area (Å²) in [6.07, 6.45) is 3.93. The van der Waals surface area contributed by atoms with Crippen LogP contribution in [0.1, 0.15) is 32.6 Å². The van der Waals surface area contributed by atoms with Gasteiger partial charge in [-0.3, -0.25) is 0 Å². The van der Waals surface area contributed by atoms with Gasteiger partial charge in [0.05, 0.1) is 16.3 Å². The minimum atomic E-state index is -3.22. The maximum atomic E-state index is 12.3. The van der Waals surface area contributed by atoms with Crippen LogP contribution in [0.15, 0.2) is 29.2 Å². The van der Waals surface area contributed by atoms with E-state index in [-0.39, 0.29) is 12.4 Å². The summed E-state index contributed by atoms with van der Waals surface area (Å²) < 4.78 is 24.6. The molecule has 0 bridgehead atoms. The summed E-state index contributed by atoms with van der Waals surface area (Å²) in [5, 5.41) is 12.7. The van der Waals surface area contributed by atoms with Crippen molar-refractivity contribution >= 4 is 15.5 Å². The van der Waals surface area contributed by atoms with Crippen LogP contribution < -0.4 is 5.32 Å². The highest BCUT2D eigenvalue weighted by Gasteiger charge is 2.27. The Kier molecular flexibility index (Phi) is 5.65. The summed E-state index contributed by atoms with van der Waals surface area (Å²) in [4.78, 5) is 0.394. The Hall–Kier alpha value is -1.07. The van der Waals surface area contributed by atoms with Crippen molar-refractivity contribution in [3.63, 3.8) is 0 Å². The van der Waals surface area contributed by atoms with E-state index < -0.39 is 9.84 Å². The minimum absolute atomic E-state index is 0.175. The third-order valence-corrected chi connectivity index (χ3v) is 6.27. The molecule has 1 aromatic carbocycles. The van der Waals surface area contributed by atoms with Gasteiger partial charge in [-0.1, -0.05) is 25.5 Å². The highest BCUT2D eigenvalue weighted by atomic mass is 32.2. The third kappa shape index (κ3) is 3.98. The summed E-state index contributed by atoms with van der Waals surface area (Å²) in [7, 11) is -3.22. The molecule has 1 fully saturated rings. The van der Waals surface area contributed by atoms with Crippen molar-refractivity contribution in [2.24, 2.45) is 11.8 Å². The van der Waals surface area contributed by atoms with Crippen LogP contribution in [-0.4, -0.2) is 32.4 Å². The van der Waals surface area contributed by atoms with Gasteiger partial charge in [-0.25, -0.2) is 8.42 Å².